The molecule has 0 spiro atoms. The summed E-state index contributed by atoms with van der Waals surface area (Å²) in [6.45, 7) is 0. The third-order valence-electron chi connectivity index (χ3n) is 3.00. The van der Waals surface area contributed by atoms with Crippen LogP contribution in [0.15, 0.2) is 29.6 Å². The van der Waals surface area contributed by atoms with E-state index in [4.69, 9.17) is 4.74 Å². The number of thioether (sulfide) groups is 1. The van der Waals surface area contributed by atoms with Crippen molar-refractivity contribution in [1.82, 2.24) is 14.6 Å². The predicted octanol–water partition coefficient (Wildman–Crippen LogP) is 1.77. The molecule has 2 aromatic heterocycles. The van der Waals surface area contributed by atoms with Gasteiger partial charge in [0.15, 0.2) is 10.8 Å². The van der Waals surface area contributed by atoms with Crippen molar-refractivity contribution in [2.24, 2.45) is 5.92 Å². The topological polar surface area (TPSA) is 56.5 Å². The quantitative estimate of drug-likeness (QED) is 0.621. The summed E-state index contributed by atoms with van der Waals surface area (Å²) < 4.78 is 6.75. The van der Waals surface area contributed by atoms with Gasteiger partial charge in [0.2, 0.25) is 0 Å². The fourth-order valence-electron chi connectivity index (χ4n) is 1.87. The van der Waals surface area contributed by atoms with Gasteiger partial charge < -0.3 is 4.74 Å². The van der Waals surface area contributed by atoms with Crippen LogP contribution >= 0.6 is 11.8 Å². The number of esters is 1. The summed E-state index contributed by atoms with van der Waals surface area (Å²) in [4.78, 5) is 11.8. The summed E-state index contributed by atoms with van der Waals surface area (Å²) in [6, 6.07) is 5.73. The Labute approximate surface area is 109 Å². The SMILES string of the molecule is COC(=O)C(Sc1nnc2ccccn12)C1CC1. The van der Waals surface area contributed by atoms with Gasteiger partial charge in [0, 0.05) is 6.20 Å². The van der Waals surface area contributed by atoms with Crippen molar-refractivity contribution in [2.75, 3.05) is 7.11 Å². The summed E-state index contributed by atoms with van der Waals surface area (Å²) in [5.41, 5.74) is 0.791. The van der Waals surface area contributed by atoms with Gasteiger partial charge in [-0.25, -0.2) is 0 Å². The van der Waals surface area contributed by atoms with Crippen molar-refractivity contribution >= 4 is 23.4 Å². The first kappa shape index (κ1) is 11.5. The molecule has 1 fully saturated rings. The maximum atomic E-state index is 11.8. The van der Waals surface area contributed by atoms with Crippen LogP contribution in [-0.2, 0) is 9.53 Å². The van der Waals surface area contributed by atoms with Crippen molar-refractivity contribution in [3.05, 3.63) is 24.4 Å². The number of methoxy groups -OCH3 is 1. The van der Waals surface area contributed by atoms with Crippen LogP contribution in [0, 0.1) is 5.92 Å². The second-order valence-corrected chi connectivity index (χ2v) is 5.42. The van der Waals surface area contributed by atoms with Crippen molar-refractivity contribution in [1.29, 1.82) is 0 Å². The number of pyridine rings is 1. The summed E-state index contributed by atoms with van der Waals surface area (Å²) >= 11 is 1.44. The Bertz CT molecular complexity index is 579. The first-order valence-electron chi connectivity index (χ1n) is 5.84. The van der Waals surface area contributed by atoms with Crippen LogP contribution in [0.4, 0.5) is 0 Å². The molecule has 1 saturated carbocycles. The third kappa shape index (κ3) is 2.08. The first-order valence-corrected chi connectivity index (χ1v) is 6.72. The maximum Gasteiger partial charge on any atom is 0.319 e. The van der Waals surface area contributed by atoms with Crippen LogP contribution < -0.4 is 0 Å². The zero-order valence-electron chi connectivity index (χ0n) is 9.94. The van der Waals surface area contributed by atoms with Gasteiger partial charge in [0.1, 0.15) is 5.25 Å². The van der Waals surface area contributed by atoms with Gasteiger partial charge in [-0.3, -0.25) is 9.20 Å². The lowest BCUT2D eigenvalue weighted by Crippen LogP contribution is -2.21. The van der Waals surface area contributed by atoms with E-state index >= 15 is 0 Å². The van der Waals surface area contributed by atoms with E-state index in [1.54, 1.807) is 0 Å². The molecule has 2 heterocycles. The fourth-order valence-corrected chi connectivity index (χ4v) is 3.11. The van der Waals surface area contributed by atoms with Gasteiger partial charge in [-0.2, -0.15) is 0 Å². The molecule has 0 N–H and O–H groups in total. The lowest BCUT2D eigenvalue weighted by molar-refractivity contribution is -0.140. The number of rotatable bonds is 4. The lowest BCUT2D eigenvalue weighted by atomic mass is 10.3. The van der Waals surface area contributed by atoms with Gasteiger partial charge >= 0.3 is 5.97 Å². The van der Waals surface area contributed by atoms with Crippen LogP contribution in [-0.4, -0.2) is 32.9 Å². The standard InChI is InChI=1S/C12H13N3O2S/c1-17-11(16)10(8-5-6-8)18-12-14-13-9-4-2-3-7-15(9)12/h2-4,7-8,10H,5-6H2,1H3. The van der Waals surface area contributed by atoms with Crippen molar-refractivity contribution in [3.8, 4) is 0 Å². The molecule has 2 aromatic rings. The first-order chi connectivity index (χ1) is 8.79. The van der Waals surface area contributed by atoms with E-state index in [1.165, 1.54) is 18.9 Å². The van der Waals surface area contributed by atoms with Crippen LogP contribution in [0.3, 0.4) is 0 Å². The molecule has 0 bridgehead atoms. The minimum Gasteiger partial charge on any atom is -0.468 e. The Morgan fingerprint density at radius 3 is 3.06 bits per heavy atom. The molecule has 1 aliphatic carbocycles. The minimum atomic E-state index is -0.171. The van der Waals surface area contributed by atoms with E-state index in [0.29, 0.717) is 5.92 Å². The van der Waals surface area contributed by atoms with E-state index in [0.717, 1.165) is 23.6 Å². The molecular weight excluding hydrogens is 250 g/mol. The number of ether oxygens (including phenoxy) is 1. The van der Waals surface area contributed by atoms with E-state index < -0.39 is 0 Å². The number of aromatic nitrogens is 3. The zero-order valence-corrected chi connectivity index (χ0v) is 10.8. The average molecular weight is 263 g/mol. The Hall–Kier alpha value is -1.56. The summed E-state index contributed by atoms with van der Waals surface area (Å²) in [6.07, 6.45) is 4.08. The molecule has 1 unspecified atom stereocenters. The van der Waals surface area contributed by atoms with E-state index in [-0.39, 0.29) is 11.2 Å². The molecule has 3 rings (SSSR count). The molecule has 1 atom stereocenters. The highest BCUT2D eigenvalue weighted by molar-refractivity contribution is 8.00. The molecule has 5 nitrogen and oxygen atoms in total. The van der Waals surface area contributed by atoms with Gasteiger partial charge in [0.25, 0.3) is 0 Å². The molecule has 0 aromatic carbocycles. The second kappa shape index (κ2) is 4.61. The van der Waals surface area contributed by atoms with Gasteiger partial charge in [-0.05, 0) is 30.9 Å². The van der Waals surface area contributed by atoms with Gasteiger partial charge in [0.05, 0.1) is 7.11 Å². The molecule has 0 saturated heterocycles. The van der Waals surface area contributed by atoms with Crippen LogP contribution in [0.2, 0.25) is 0 Å². The molecule has 0 radical (unpaired) electrons. The number of nitrogens with zero attached hydrogens (tertiary/aromatic N) is 3. The fraction of sp³-hybridized carbons (Fsp3) is 0.417. The Morgan fingerprint density at radius 2 is 2.33 bits per heavy atom. The summed E-state index contributed by atoms with van der Waals surface area (Å²) in [7, 11) is 1.43. The maximum absolute atomic E-state index is 11.8. The van der Waals surface area contributed by atoms with Crippen molar-refractivity contribution in [2.45, 2.75) is 23.2 Å². The highest BCUT2D eigenvalue weighted by atomic mass is 32.2. The molecular formula is C12H13N3O2S. The largest absolute Gasteiger partial charge is 0.468 e. The van der Waals surface area contributed by atoms with E-state index in [2.05, 4.69) is 10.2 Å². The second-order valence-electron chi connectivity index (χ2n) is 4.31. The predicted molar refractivity (Wildman–Crippen MR) is 67.4 cm³/mol. The smallest absolute Gasteiger partial charge is 0.319 e. The highest BCUT2D eigenvalue weighted by Gasteiger charge is 2.38. The number of carbonyl (C=O) groups is 1. The molecule has 0 amide bonds. The van der Waals surface area contributed by atoms with Gasteiger partial charge in [-0.15, -0.1) is 10.2 Å². The lowest BCUT2D eigenvalue weighted by Gasteiger charge is -2.11. The van der Waals surface area contributed by atoms with Crippen molar-refractivity contribution in [3.63, 3.8) is 0 Å². The molecule has 1 aliphatic rings. The van der Waals surface area contributed by atoms with E-state index in [9.17, 15) is 4.79 Å². The Morgan fingerprint density at radius 1 is 1.50 bits per heavy atom. The Kier molecular flexibility index (Phi) is 2.95. The molecule has 6 heteroatoms. The van der Waals surface area contributed by atoms with Crippen LogP contribution in [0.5, 0.6) is 0 Å². The summed E-state index contributed by atoms with van der Waals surface area (Å²) in [5.74, 6) is 0.244. The Balaban J connectivity index is 1.88. The minimum absolute atomic E-state index is 0.164. The van der Waals surface area contributed by atoms with Gasteiger partial charge in [-0.1, -0.05) is 17.8 Å². The van der Waals surface area contributed by atoms with Crippen LogP contribution in [0.25, 0.3) is 5.65 Å². The number of hydrogen-bond acceptors (Lipinski definition) is 5. The molecule has 18 heavy (non-hydrogen) atoms. The van der Waals surface area contributed by atoms with E-state index in [1.807, 2.05) is 28.8 Å². The third-order valence-corrected chi connectivity index (χ3v) is 4.32. The van der Waals surface area contributed by atoms with Crippen LogP contribution in [0.1, 0.15) is 12.8 Å². The number of carbonyl (C=O) groups excluding carboxylic acids is 1. The summed E-state index contributed by atoms with van der Waals surface area (Å²) in [5, 5.41) is 8.79. The molecule has 0 aliphatic heterocycles. The normalized spacial score (nSPS) is 16.7. The number of fused-ring (bicyclic) bond motifs is 1. The monoisotopic (exact) mass is 263 g/mol. The zero-order chi connectivity index (χ0) is 12.5. The molecule has 94 valence electrons. The number of hydrogen-bond donors (Lipinski definition) is 0. The average Bonchev–Trinajstić information content (AvgIpc) is 3.17. The van der Waals surface area contributed by atoms with Crippen molar-refractivity contribution < 1.29 is 9.53 Å². The highest BCUT2D eigenvalue weighted by Crippen LogP contribution is 2.41.